The molecule has 1 fully saturated rings. The molecule has 2 unspecified atom stereocenters. The summed E-state index contributed by atoms with van der Waals surface area (Å²) in [6.45, 7) is 4.33. The Morgan fingerprint density at radius 3 is 3.05 bits per heavy atom. The summed E-state index contributed by atoms with van der Waals surface area (Å²) in [4.78, 5) is 19.1. The van der Waals surface area contributed by atoms with E-state index in [4.69, 9.17) is 14.6 Å². The highest BCUT2D eigenvalue weighted by Crippen LogP contribution is 2.20. The Kier molecular flexibility index (Phi) is 4.73. The standard InChI is InChI=1S/C13H19N3O4/c1-8(2)19-11-5-6-14-13(16-11)15-7-9-3-4-10(20-9)12(17)18/h5-6,8-10H,3-4,7H2,1-2H3,(H,17,18)(H,14,15,16). The number of hydrogen-bond donors (Lipinski definition) is 2. The molecule has 110 valence electrons. The van der Waals surface area contributed by atoms with Gasteiger partial charge < -0.3 is 19.9 Å². The second kappa shape index (κ2) is 6.51. The molecule has 1 aliphatic rings. The maximum Gasteiger partial charge on any atom is 0.332 e. The fraction of sp³-hybridized carbons (Fsp3) is 0.615. The zero-order valence-electron chi connectivity index (χ0n) is 11.6. The van der Waals surface area contributed by atoms with E-state index < -0.39 is 12.1 Å². The number of aromatic nitrogens is 2. The lowest BCUT2D eigenvalue weighted by molar-refractivity contribution is -0.149. The third kappa shape index (κ3) is 4.06. The van der Waals surface area contributed by atoms with Gasteiger partial charge in [0.1, 0.15) is 0 Å². The Morgan fingerprint density at radius 1 is 1.60 bits per heavy atom. The first-order valence-electron chi connectivity index (χ1n) is 6.66. The van der Waals surface area contributed by atoms with Gasteiger partial charge >= 0.3 is 5.97 Å². The lowest BCUT2D eigenvalue weighted by atomic mass is 10.2. The van der Waals surface area contributed by atoms with Gasteiger partial charge in [-0.05, 0) is 26.7 Å². The van der Waals surface area contributed by atoms with Gasteiger partial charge in [0, 0.05) is 18.8 Å². The van der Waals surface area contributed by atoms with Crippen molar-refractivity contribution >= 4 is 11.9 Å². The van der Waals surface area contributed by atoms with Gasteiger partial charge in [-0.1, -0.05) is 0 Å². The van der Waals surface area contributed by atoms with Gasteiger partial charge in [0.05, 0.1) is 12.2 Å². The summed E-state index contributed by atoms with van der Waals surface area (Å²) in [7, 11) is 0. The van der Waals surface area contributed by atoms with Crippen LogP contribution in [0.2, 0.25) is 0 Å². The highest BCUT2D eigenvalue weighted by molar-refractivity contribution is 5.72. The van der Waals surface area contributed by atoms with Gasteiger partial charge in [-0.3, -0.25) is 0 Å². The second-order valence-corrected chi connectivity index (χ2v) is 4.93. The van der Waals surface area contributed by atoms with Crippen LogP contribution in [0.3, 0.4) is 0 Å². The molecular weight excluding hydrogens is 262 g/mol. The molecule has 1 aromatic rings. The van der Waals surface area contributed by atoms with Crippen LogP contribution in [0.5, 0.6) is 5.88 Å². The number of rotatable bonds is 6. The molecule has 7 heteroatoms. The first-order valence-corrected chi connectivity index (χ1v) is 6.66. The van der Waals surface area contributed by atoms with Crippen molar-refractivity contribution < 1.29 is 19.4 Å². The van der Waals surface area contributed by atoms with E-state index in [9.17, 15) is 4.79 Å². The fourth-order valence-corrected chi connectivity index (χ4v) is 1.98. The molecule has 0 bridgehead atoms. The smallest absolute Gasteiger partial charge is 0.332 e. The predicted molar refractivity (Wildman–Crippen MR) is 71.8 cm³/mol. The average molecular weight is 281 g/mol. The molecule has 2 heterocycles. The summed E-state index contributed by atoms with van der Waals surface area (Å²) in [5.74, 6) is 0.0508. The fourth-order valence-electron chi connectivity index (χ4n) is 1.98. The molecule has 0 saturated carbocycles. The van der Waals surface area contributed by atoms with Crippen LogP contribution in [0.15, 0.2) is 12.3 Å². The van der Waals surface area contributed by atoms with Gasteiger partial charge in [-0.2, -0.15) is 4.98 Å². The SMILES string of the molecule is CC(C)Oc1ccnc(NCC2CCC(C(=O)O)O2)n1. The first-order chi connectivity index (χ1) is 9.54. The van der Waals surface area contributed by atoms with E-state index in [1.165, 1.54) is 0 Å². The van der Waals surface area contributed by atoms with Crippen molar-refractivity contribution in [3.63, 3.8) is 0 Å². The summed E-state index contributed by atoms with van der Waals surface area (Å²) >= 11 is 0. The van der Waals surface area contributed by atoms with Crippen molar-refractivity contribution in [2.75, 3.05) is 11.9 Å². The number of anilines is 1. The molecule has 7 nitrogen and oxygen atoms in total. The van der Waals surface area contributed by atoms with Gasteiger partial charge in [-0.15, -0.1) is 0 Å². The normalized spacial score (nSPS) is 21.9. The van der Waals surface area contributed by atoms with Crippen LogP contribution < -0.4 is 10.1 Å². The zero-order valence-corrected chi connectivity index (χ0v) is 11.6. The quantitative estimate of drug-likeness (QED) is 0.811. The van der Waals surface area contributed by atoms with Gasteiger partial charge in [0.2, 0.25) is 11.8 Å². The van der Waals surface area contributed by atoms with Crippen molar-refractivity contribution in [3.8, 4) is 5.88 Å². The Hall–Kier alpha value is -1.89. The molecule has 1 saturated heterocycles. The van der Waals surface area contributed by atoms with Gasteiger partial charge in [-0.25, -0.2) is 9.78 Å². The minimum Gasteiger partial charge on any atom is -0.479 e. The molecule has 0 radical (unpaired) electrons. The number of carboxylic acid groups (broad SMARTS) is 1. The van der Waals surface area contributed by atoms with E-state index in [-0.39, 0.29) is 12.2 Å². The van der Waals surface area contributed by atoms with Crippen LogP contribution in [0, 0.1) is 0 Å². The highest BCUT2D eigenvalue weighted by Gasteiger charge is 2.30. The van der Waals surface area contributed by atoms with Crippen molar-refractivity contribution in [1.82, 2.24) is 9.97 Å². The molecule has 0 aliphatic carbocycles. The van der Waals surface area contributed by atoms with Crippen molar-refractivity contribution in [1.29, 1.82) is 0 Å². The summed E-state index contributed by atoms with van der Waals surface area (Å²) < 4.78 is 10.9. The van der Waals surface area contributed by atoms with Crippen molar-refractivity contribution in [2.24, 2.45) is 0 Å². The number of aliphatic carboxylic acids is 1. The Labute approximate surface area is 117 Å². The van der Waals surface area contributed by atoms with E-state index in [1.807, 2.05) is 13.8 Å². The maximum absolute atomic E-state index is 10.8. The zero-order chi connectivity index (χ0) is 14.5. The average Bonchev–Trinajstić information content (AvgIpc) is 2.85. The van der Waals surface area contributed by atoms with E-state index >= 15 is 0 Å². The van der Waals surface area contributed by atoms with Gasteiger partial charge in [0.25, 0.3) is 0 Å². The third-order valence-corrected chi connectivity index (χ3v) is 2.86. The number of carbonyl (C=O) groups is 1. The van der Waals surface area contributed by atoms with Crippen molar-refractivity contribution in [3.05, 3.63) is 12.3 Å². The highest BCUT2D eigenvalue weighted by atomic mass is 16.5. The second-order valence-electron chi connectivity index (χ2n) is 4.93. The van der Waals surface area contributed by atoms with Crippen LogP contribution >= 0.6 is 0 Å². The summed E-state index contributed by atoms with van der Waals surface area (Å²) in [6, 6.07) is 1.69. The third-order valence-electron chi connectivity index (χ3n) is 2.86. The molecule has 1 aromatic heterocycles. The molecule has 1 aliphatic heterocycles. The van der Waals surface area contributed by atoms with E-state index in [2.05, 4.69) is 15.3 Å². The minimum atomic E-state index is -0.906. The minimum absolute atomic E-state index is 0.0484. The molecule has 2 N–H and O–H groups in total. The van der Waals surface area contributed by atoms with Crippen LogP contribution in [0.4, 0.5) is 5.95 Å². The predicted octanol–water partition coefficient (Wildman–Crippen LogP) is 1.31. The summed E-state index contributed by atoms with van der Waals surface area (Å²) in [6.07, 6.45) is 2.09. The molecule has 2 rings (SSSR count). The van der Waals surface area contributed by atoms with Crippen LogP contribution in [-0.4, -0.2) is 45.9 Å². The molecule has 0 spiro atoms. The number of ether oxygens (including phenoxy) is 2. The molecule has 0 aromatic carbocycles. The number of hydrogen-bond acceptors (Lipinski definition) is 6. The largest absolute Gasteiger partial charge is 0.479 e. The lowest BCUT2D eigenvalue weighted by Gasteiger charge is -2.13. The summed E-state index contributed by atoms with van der Waals surface area (Å²) in [5.41, 5.74) is 0. The Bertz CT molecular complexity index is 467. The van der Waals surface area contributed by atoms with Crippen molar-refractivity contribution in [2.45, 2.75) is 45.0 Å². The monoisotopic (exact) mass is 281 g/mol. The maximum atomic E-state index is 10.8. The van der Waals surface area contributed by atoms with Gasteiger partial charge in [0.15, 0.2) is 6.10 Å². The topological polar surface area (TPSA) is 93.6 Å². The Balaban J connectivity index is 1.84. The van der Waals surface area contributed by atoms with E-state index in [0.29, 0.717) is 31.2 Å². The Morgan fingerprint density at radius 2 is 2.40 bits per heavy atom. The number of nitrogens with one attached hydrogen (secondary N) is 1. The molecule has 2 atom stereocenters. The number of carboxylic acids is 1. The van der Waals surface area contributed by atoms with Crippen LogP contribution in [-0.2, 0) is 9.53 Å². The van der Waals surface area contributed by atoms with Crippen LogP contribution in [0.25, 0.3) is 0 Å². The number of nitrogens with zero attached hydrogens (tertiary/aromatic N) is 2. The first kappa shape index (κ1) is 14.5. The molecular formula is C13H19N3O4. The molecule has 20 heavy (non-hydrogen) atoms. The van der Waals surface area contributed by atoms with Crippen LogP contribution in [0.1, 0.15) is 26.7 Å². The molecule has 0 amide bonds. The van der Waals surface area contributed by atoms with E-state index in [1.54, 1.807) is 12.3 Å². The van der Waals surface area contributed by atoms with E-state index in [0.717, 1.165) is 0 Å². The lowest BCUT2D eigenvalue weighted by Crippen LogP contribution is -2.25. The summed E-state index contributed by atoms with van der Waals surface area (Å²) in [5, 5.41) is 11.9.